The normalized spacial score (nSPS) is 15.4. The lowest BCUT2D eigenvalue weighted by atomic mass is 10.2. The average Bonchev–Trinajstić information content (AvgIpc) is 2.91. The van der Waals surface area contributed by atoms with Crippen LogP contribution in [0, 0.1) is 6.92 Å². The first kappa shape index (κ1) is 9.38. The molecular formula is C12H17NO. The summed E-state index contributed by atoms with van der Waals surface area (Å²) in [5.74, 6) is 1.06. The molecule has 0 amide bonds. The molecule has 0 N–H and O–H groups in total. The van der Waals surface area contributed by atoms with Crippen molar-refractivity contribution in [3.63, 3.8) is 0 Å². The second kappa shape index (κ2) is 3.52. The number of aryl methyl sites for hydroxylation is 1. The summed E-state index contributed by atoms with van der Waals surface area (Å²) in [6.07, 6.45) is 2.89. The summed E-state index contributed by atoms with van der Waals surface area (Å²) in [7, 11) is 4.10. The van der Waals surface area contributed by atoms with E-state index in [9.17, 15) is 0 Å². The maximum atomic E-state index is 5.91. The molecule has 0 aromatic heterocycles. The van der Waals surface area contributed by atoms with Crippen LogP contribution in [0.25, 0.3) is 0 Å². The van der Waals surface area contributed by atoms with Crippen LogP contribution in [0.2, 0.25) is 0 Å². The minimum atomic E-state index is 0.467. The van der Waals surface area contributed by atoms with Crippen LogP contribution in [0.5, 0.6) is 5.75 Å². The maximum Gasteiger partial charge on any atom is 0.145 e. The van der Waals surface area contributed by atoms with E-state index in [0.29, 0.717) is 6.10 Å². The monoisotopic (exact) mass is 191 g/mol. The van der Waals surface area contributed by atoms with Crippen molar-refractivity contribution in [3.05, 3.63) is 23.8 Å². The highest BCUT2D eigenvalue weighted by atomic mass is 16.5. The molecule has 0 aliphatic heterocycles. The van der Waals surface area contributed by atoms with Crippen LogP contribution in [0.3, 0.4) is 0 Å². The number of nitrogens with zero attached hydrogens (tertiary/aromatic N) is 1. The SMILES string of the molecule is Cc1cccc(N(C)C)c1OC1CC1. The molecule has 2 heteroatoms. The lowest BCUT2D eigenvalue weighted by Gasteiger charge is -2.19. The average molecular weight is 191 g/mol. The molecule has 76 valence electrons. The van der Waals surface area contributed by atoms with Crippen molar-refractivity contribution in [1.29, 1.82) is 0 Å². The van der Waals surface area contributed by atoms with Gasteiger partial charge >= 0.3 is 0 Å². The van der Waals surface area contributed by atoms with E-state index in [-0.39, 0.29) is 0 Å². The number of ether oxygens (including phenoxy) is 1. The Labute approximate surface area is 85.5 Å². The zero-order valence-electron chi connectivity index (χ0n) is 9.08. The number of rotatable bonds is 3. The zero-order valence-corrected chi connectivity index (χ0v) is 9.08. The molecule has 0 saturated heterocycles. The van der Waals surface area contributed by atoms with Gasteiger partial charge in [0.15, 0.2) is 0 Å². The lowest BCUT2D eigenvalue weighted by molar-refractivity contribution is 0.302. The summed E-state index contributed by atoms with van der Waals surface area (Å²) in [5, 5.41) is 0. The summed E-state index contributed by atoms with van der Waals surface area (Å²) in [6.45, 7) is 2.10. The van der Waals surface area contributed by atoms with Gasteiger partial charge in [-0.05, 0) is 31.4 Å². The summed E-state index contributed by atoms with van der Waals surface area (Å²) in [6, 6.07) is 6.28. The quantitative estimate of drug-likeness (QED) is 0.728. The predicted molar refractivity (Wildman–Crippen MR) is 59.2 cm³/mol. The fourth-order valence-corrected chi connectivity index (χ4v) is 1.50. The van der Waals surface area contributed by atoms with E-state index in [4.69, 9.17) is 4.74 Å². The first-order chi connectivity index (χ1) is 6.68. The smallest absolute Gasteiger partial charge is 0.145 e. The largest absolute Gasteiger partial charge is 0.488 e. The van der Waals surface area contributed by atoms with Crippen molar-refractivity contribution in [2.75, 3.05) is 19.0 Å². The Balaban J connectivity index is 2.31. The second-order valence-electron chi connectivity index (χ2n) is 4.13. The van der Waals surface area contributed by atoms with Crippen LogP contribution in [-0.4, -0.2) is 20.2 Å². The van der Waals surface area contributed by atoms with Gasteiger partial charge in [0.05, 0.1) is 11.8 Å². The highest BCUT2D eigenvalue weighted by Crippen LogP contribution is 2.35. The van der Waals surface area contributed by atoms with Crippen molar-refractivity contribution in [2.45, 2.75) is 25.9 Å². The van der Waals surface area contributed by atoms with Gasteiger partial charge in [0.1, 0.15) is 5.75 Å². The maximum absolute atomic E-state index is 5.91. The first-order valence-electron chi connectivity index (χ1n) is 5.12. The molecule has 1 saturated carbocycles. The molecule has 2 nitrogen and oxygen atoms in total. The summed E-state index contributed by atoms with van der Waals surface area (Å²) < 4.78 is 5.91. The van der Waals surface area contributed by atoms with E-state index in [0.717, 1.165) is 5.75 Å². The molecule has 0 radical (unpaired) electrons. The molecule has 14 heavy (non-hydrogen) atoms. The van der Waals surface area contributed by atoms with Crippen molar-refractivity contribution in [1.82, 2.24) is 0 Å². The summed E-state index contributed by atoms with van der Waals surface area (Å²) in [4.78, 5) is 2.10. The molecule has 1 aromatic rings. The van der Waals surface area contributed by atoms with E-state index in [2.05, 4.69) is 44.1 Å². The van der Waals surface area contributed by atoms with Crippen LogP contribution in [0.1, 0.15) is 18.4 Å². The van der Waals surface area contributed by atoms with Gasteiger partial charge in [-0.2, -0.15) is 0 Å². The van der Waals surface area contributed by atoms with Crippen LogP contribution in [0.4, 0.5) is 5.69 Å². The standard InChI is InChI=1S/C12H17NO/c1-9-5-4-6-11(13(2)3)12(9)14-10-7-8-10/h4-6,10H,7-8H2,1-3H3. The fourth-order valence-electron chi connectivity index (χ4n) is 1.50. The van der Waals surface area contributed by atoms with Crippen LogP contribution < -0.4 is 9.64 Å². The molecular weight excluding hydrogens is 174 g/mol. The fraction of sp³-hybridized carbons (Fsp3) is 0.500. The molecule has 1 aliphatic carbocycles. The predicted octanol–water partition coefficient (Wildman–Crippen LogP) is 2.60. The molecule has 0 unspecified atom stereocenters. The third kappa shape index (κ3) is 1.84. The van der Waals surface area contributed by atoms with E-state index in [1.807, 2.05) is 0 Å². The molecule has 1 aromatic carbocycles. The van der Waals surface area contributed by atoms with Gasteiger partial charge in [0.25, 0.3) is 0 Å². The minimum absolute atomic E-state index is 0.467. The van der Waals surface area contributed by atoms with Gasteiger partial charge in [-0.3, -0.25) is 0 Å². The van der Waals surface area contributed by atoms with E-state index in [1.165, 1.54) is 24.1 Å². The lowest BCUT2D eigenvalue weighted by Crippen LogP contribution is -2.12. The third-order valence-corrected chi connectivity index (χ3v) is 2.48. The van der Waals surface area contributed by atoms with Crippen molar-refractivity contribution in [3.8, 4) is 5.75 Å². The zero-order chi connectivity index (χ0) is 10.1. The van der Waals surface area contributed by atoms with Gasteiger partial charge in [0.2, 0.25) is 0 Å². The molecule has 0 bridgehead atoms. The Morgan fingerprint density at radius 3 is 2.57 bits per heavy atom. The Bertz CT molecular complexity index is 329. The molecule has 2 rings (SSSR count). The molecule has 0 heterocycles. The minimum Gasteiger partial charge on any atom is -0.488 e. The number of hydrogen-bond donors (Lipinski definition) is 0. The molecule has 1 fully saturated rings. The van der Waals surface area contributed by atoms with Crippen LogP contribution in [-0.2, 0) is 0 Å². The Hall–Kier alpha value is -1.18. The number of hydrogen-bond acceptors (Lipinski definition) is 2. The van der Waals surface area contributed by atoms with Gasteiger partial charge in [-0.1, -0.05) is 12.1 Å². The topological polar surface area (TPSA) is 12.5 Å². The summed E-state index contributed by atoms with van der Waals surface area (Å²) in [5.41, 5.74) is 2.40. The Morgan fingerprint density at radius 1 is 1.29 bits per heavy atom. The molecule has 1 aliphatic rings. The second-order valence-corrected chi connectivity index (χ2v) is 4.13. The third-order valence-electron chi connectivity index (χ3n) is 2.48. The van der Waals surface area contributed by atoms with Crippen molar-refractivity contribution in [2.24, 2.45) is 0 Å². The number of para-hydroxylation sites is 1. The summed E-state index contributed by atoms with van der Waals surface area (Å²) >= 11 is 0. The Morgan fingerprint density at radius 2 is 2.00 bits per heavy atom. The number of anilines is 1. The number of benzene rings is 1. The van der Waals surface area contributed by atoms with Gasteiger partial charge in [0, 0.05) is 14.1 Å². The highest BCUT2D eigenvalue weighted by Gasteiger charge is 2.25. The highest BCUT2D eigenvalue weighted by molar-refractivity contribution is 5.61. The Kier molecular flexibility index (Phi) is 2.36. The van der Waals surface area contributed by atoms with Gasteiger partial charge < -0.3 is 9.64 Å². The first-order valence-corrected chi connectivity index (χ1v) is 5.12. The molecule has 0 atom stereocenters. The van der Waals surface area contributed by atoms with E-state index in [1.54, 1.807) is 0 Å². The van der Waals surface area contributed by atoms with Crippen molar-refractivity contribution < 1.29 is 4.74 Å². The van der Waals surface area contributed by atoms with E-state index >= 15 is 0 Å². The van der Waals surface area contributed by atoms with Crippen LogP contribution in [0.15, 0.2) is 18.2 Å². The van der Waals surface area contributed by atoms with Gasteiger partial charge in [-0.25, -0.2) is 0 Å². The van der Waals surface area contributed by atoms with E-state index < -0.39 is 0 Å². The van der Waals surface area contributed by atoms with Crippen molar-refractivity contribution >= 4 is 5.69 Å². The van der Waals surface area contributed by atoms with Gasteiger partial charge in [-0.15, -0.1) is 0 Å². The molecule has 0 spiro atoms. The van der Waals surface area contributed by atoms with Crippen LogP contribution >= 0.6 is 0 Å².